The van der Waals surface area contributed by atoms with Crippen LogP contribution in [-0.2, 0) is 31.2 Å². The molecule has 0 atom stereocenters. The molecule has 48 heavy (non-hydrogen) atoms. The molecule has 1 aliphatic carbocycles. The highest BCUT2D eigenvalue weighted by Crippen LogP contribution is 2.30. The molecule has 2 aliphatic heterocycles. The van der Waals surface area contributed by atoms with Crippen LogP contribution >= 0.6 is 0 Å². The van der Waals surface area contributed by atoms with E-state index >= 15 is 0 Å². The lowest BCUT2D eigenvalue weighted by molar-refractivity contribution is -0.0660. The van der Waals surface area contributed by atoms with E-state index in [9.17, 15) is 14.7 Å². The van der Waals surface area contributed by atoms with E-state index in [1.54, 1.807) is 31.6 Å². The van der Waals surface area contributed by atoms with Gasteiger partial charge in [-0.3, -0.25) is 18.9 Å². The number of aromatic nitrogens is 6. The average molecular weight is 650 g/mol. The molecular weight excluding hydrogens is 610 g/mol. The minimum atomic E-state index is -0.383. The highest BCUT2D eigenvalue weighted by molar-refractivity contribution is 5.73. The van der Waals surface area contributed by atoms with Gasteiger partial charge in [0.15, 0.2) is 5.82 Å². The Morgan fingerprint density at radius 3 is 2.54 bits per heavy atom. The first-order valence-electron chi connectivity index (χ1n) is 16.6. The van der Waals surface area contributed by atoms with Crippen molar-refractivity contribution >= 4 is 22.7 Å². The number of rotatable bonds is 7. The summed E-state index contributed by atoms with van der Waals surface area (Å²) in [6.45, 7) is 7.01. The number of aliphatic hydroxyl groups excluding tert-OH is 1. The second-order valence-electron chi connectivity index (χ2n) is 12.9. The smallest absolute Gasteiger partial charge is 0.297 e. The first-order valence-corrected chi connectivity index (χ1v) is 16.6. The van der Waals surface area contributed by atoms with Gasteiger partial charge in [0.1, 0.15) is 22.8 Å². The lowest BCUT2D eigenvalue weighted by Gasteiger charge is -2.43. The molecule has 0 saturated carbocycles. The van der Waals surface area contributed by atoms with Crippen molar-refractivity contribution in [3.63, 3.8) is 0 Å². The molecule has 13 heteroatoms. The summed E-state index contributed by atoms with van der Waals surface area (Å²) in [5.74, 6) is 1.49. The van der Waals surface area contributed by atoms with Gasteiger partial charge in [-0.15, -0.1) is 5.10 Å². The normalized spacial score (nSPS) is 17.0. The van der Waals surface area contributed by atoms with Crippen LogP contribution in [0.5, 0.6) is 0 Å². The Bertz CT molecular complexity index is 2120. The van der Waals surface area contributed by atoms with Crippen LogP contribution in [0.2, 0.25) is 0 Å². The number of anilines is 3. The number of hydrogen-bond donors (Lipinski definition) is 2. The molecule has 5 aromatic heterocycles. The van der Waals surface area contributed by atoms with Crippen LogP contribution < -0.4 is 21.3 Å². The van der Waals surface area contributed by atoms with Crippen LogP contribution in [0, 0.1) is 6.92 Å². The fraction of sp³-hybridized carbons (Fsp3) is 0.400. The summed E-state index contributed by atoms with van der Waals surface area (Å²) in [4.78, 5) is 41.0. The van der Waals surface area contributed by atoms with Crippen LogP contribution in [0.1, 0.15) is 35.5 Å². The lowest BCUT2D eigenvalue weighted by Crippen LogP contribution is -2.56. The molecule has 8 rings (SSSR count). The molecule has 3 aliphatic rings. The van der Waals surface area contributed by atoms with Crippen molar-refractivity contribution in [2.24, 2.45) is 7.05 Å². The Kier molecular flexibility index (Phi) is 7.82. The van der Waals surface area contributed by atoms with Gasteiger partial charge in [0, 0.05) is 62.4 Å². The topological polar surface area (TPSA) is 135 Å². The molecule has 2 N–H and O–H groups in total. The standard InChI is InChI=1S/C35H39N9O4/c1-22-39-44(35(47)31-16-23-5-3-4-6-30(23)43(22)31)33-28(19-45)27(9-10-36-33)24-15-29(34(46)40(2)18-24)38-32-8-7-25(17-37-32)41-11-13-42(14-12-41)26-20-48-21-26/h7-10,15-18,26,45H,3-6,11-14,19-21H2,1-2H3,(H,37,38). The van der Waals surface area contributed by atoms with Crippen LogP contribution in [0.4, 0.5) is 17.2 Å². The molecule has 248 valence electrons. The minimum absolute atomic E-state index is 0.225. The molecular formula is C35H39N9O4. The number of nitrogens with zero attached hydrogens (tertiary/aromatic N) is 8. The Labute approximate surface area is 277 Å². The fourth-order valence-electron chi connectivity index (χ4n) is 7.32. The predicted octanol–water partition coefficient (Wildman–Crippen LogP) is 2.58. The van der Waals surface area contributed by atoms with E-state index in [1.807, 2.05) is 35.7 Å². The van der Waals surface area contributed by atoms with Crippen molar-refractivity contribution in [2.45, 2.75) is 45.3 Å². The molecule has 13 nitrogen and oxygen atoms in total. The van der Waals surface area contributed by atoms with Gasteiger partial charge >= 0.3 is 0 Å². The maximum atomic E-state index is 13.8. The highest BCUT2D eigenvalue weighted by Gasteiger charge is 2.29. The van der Waals surface area contributed by atoms with E-state index in [1.165, 1.54) is 14.8 Å². The summed E-state index contributed by atoms with van der Waals surface area (Å²) in [5, 5.41) is 18.5. The van der Waals surface area contributed by atoms with Gasteiger partial charge in [0.2, 0.25) is 0 Å². The molecule has 0 spiro atoms. The number of ether oxygens (including phenoxy) is 1. The van der Waals surface area contributed by atoms with Gasteiger partial charge in [-0.2, -0.15) is 4.68 Å². The minimum Gasteiger partial charge on any atom is -0.392 e. The zero-order chi connectivity index (χ0) is 32.9. The van der Waals surface area contributed by atoms with Crippen molar-refractivity contribution < 1.29 is 9.84 Å². The van der Waals surface area contributed by atoms with Gasteiger partial charge in [-0.1, -0.05) is 0 Å². The van der Waals surface area contributed by atoms with Crippen LogP contribution in [0.25, 0.3) is 22.5 Å². The fourth-order valence-corrected chi connectivity index (χ4v) is 7.32. The number of aliphatic hydroxyl groups is 1. The third-order valence-corrected chi connectivity index (χ3v) is 9.99. The number of aryl methyl sites for hydroxylation is 4. The summed E-state index contributed by atoms with van der Waals surface area (Å²) in [5.41, 5.74) is 5.51. The van der Waals surface area contributed by atoms with Crippen LogP contribution in [0.15, 0.2) is 58.5 Å². The number of hydrogen-bond acceptors (Lipinski definition) is 10. The summed E-state index contributed by atoms with van der Waals surface area (Å²) < 4.78 is 10.1. The molecule has 0 aromatic carbocycles. The first kappa shape index (κ1) is 30.5. The number of nitrogens with one attached hydrogen (secondary N) is 1. The van der Waals surface area contributed by atoms with Crippen molar-refractivity contribution in [2.75, 3.05) is 49.6 Å². The zero-order valence-corrected chi connectivity index (χ0v) is 27.2. The summed E-state index contributed by atoms with van der Waals surface area (Å²) in [7, 11) is 1.68. The van der Waals surface area contributed by atoms with Crippen molar-refractivity contribution in [3.8, 4) is 16.9 Å². The molecule has 2 fully saturated rings. The molecule has 0 amide bonds. The summed E-state index contributed by atoms with van der Waals surface area (Å²) in [6.07, 6.45) is 9.21. The third kappa shape index (κ3) is 5.27. The van der Waals surface area contributed by atoms with E-state index in [0.29, 0.717) is 45.6 Å². The molecule has 0 bridgehead atoms. The maximum absolute atomic E-state index is 13.8. The van der Waals surface area contributed by atoms with E-state index in [2.05, 4.69) is 30.2 Å². The Morgan fingerprint density at radius 2 is 1.81 bits per heavy atom. The van der Waals surface area contributed by atoms with Crippen LogP contribution in [0.3, 0.4) is 0 Å². The second kappa shape index (κ2) is 12.3. The third-order valence-electron chi connectivity index (χ3n) is 9.99. The van der Waals surface area contributed by atoms with E-state index < -0.39 is 0 Å². The maximum Gasteiger partial charge on any atom is 0.297 e. The van der Waals surface area contributed by atoms with Gasteiger partial charge in [0.05, 0.1) is 37.7 Å². The van der Waals surface area contributed by atoms with Crippen molar-refractivity contribution in [3.05, 3.63) is 92.3 Å². The summed E-state index contributed by atoms with van der Waals surface area (Å²) in [6, 6.07) is 9.94. The van der Waals surface area contributed by atoms with Gasteiger partial charge < -0.3 is 24.6 Å². The highest BCUT2D eigenvalue weighted by atomic mass is 16.5. The van der Waals surface area contributed by atoms with Gasteiger partial charge in [-0.05, 0) is 74.1 Å². The zero-order valence-electron chi connectivity index (χ0n) is 27.2. The quantitative estimate of drug-likeness (QED) is 0.271. The largest absolute Gasteiger partial charge is 0.392 e. The second-order valence-corrected chi connectivity index (χ2v) is 12.9. The Balaban J connectivity index is 1.09. The first-order chi connectivity index (χ1) is 23.4. The van der Waals surface area contributed by atoms with Crippen molar-refractivity contribution in [1.29, 1.82) is 0 Å². The predicted molar refractivity (Wildman–Crippen MR) is 182 cm³/mol. The van der Waals surface area contributed by atoms with Crippen LogP contribution in [-0.4, -0.2) is 84.2 Å². The average Bonchev–Trinajstić information content (AvgIpc) is 3.49. The Morgan fingerprint density at radius 1 is 1.00 bits per heavy atom. The number of pyridine rings is 3. The summed E-state index contributed by atoms with van der Waals surface area (Å²) >= 11 is 0. The lowest BCUT2D eigenvalue weighted by atomic mass is 9.98. The molecule has 7 heterocycles. The molecule has 5 aromatic rings. The van der Waals surface area contributed by atoms with E-state index in [4.69, 9.17) is 4.74 Å². The number of fused-ring (bicyclic) bond motifs is 3. The van der Waals surface area contributed by atoms with Crippen molar-refractivity contribution in [1.82, 2.24) is 33.6 Å². The van der Waals surface area contributed by atoms with Gasteiger partial charge in [0.25, 0.3) is 11.1 Å². The molecule has 2 saturated heterocycles. The molecule has 0 radical (unpaired) electrons. The van der Waals surface area contributed by atoms with E-state index in [0.717, 1.165) is 76.5 Å². The number of piperazine rings is 1. The SMILES string of the molecule is Cc1nn(-c2nccc(-c3cc(Nc4ccc(N5CCN(C6COC6)CC5)cn4)c(=O)n(C)c3)c2CO)c(=O)c2cc3c(n12)CCCC3. The Hall–Kier alpha value is -4.85. The monoisotopic (exact) mass is 649 g/mol. The van der Waals surface area contributed by atoms with Gasteiger partial charge in [-0.25, -0.2) is 9.97 Å². The van der Waals surface area contributed by atoms with E-state index in [-0.39, 0.29) is 23.5 Å². The molecule has 0 unspecified atom stereocenters.